The molecule has 6 heteroatoms. The van der Waals surface area contributed by atoms with Gasteiger partial charge in [-0.15, -0.1) is 0 Å². The third kappa shape index (κ3) is 4.60. The van der Waals surface area contributed by atoms with Gasteiger partial charge < -0.3 is 16.0 Å². The van der Waals surface area contributed by atoms with Crippen molar-refractivity contribution >= 4 is 39.1 Å². The van der Waals surface area contributed by atoms with Crippen molar-refractivity contribution in [2.45, 2.75) is 0 Å². The predicted octanol–water partition coefficient (Wildman–Crippen LogP) is 2.86. The van der Waals surface area contributed by atoms with Gasteiger partial charge in [0.05, 0.1) is 6.54 Å². The molecule has 0 radical (unpaired) electrons. The molecule has 22 heavy (non-hydrogen) atoms. The van der Waals surface area contributed by atoms with Crippen LogP contribution in [0.1, 0.15) is 10.4 Å². The van der Waals surface area contributed by atoms with Crippen molar-refractivity contribution in [3.05, 3.63) is 58.6 Å². The van der Waals surface area contributed by atoms with Crippen molar-refractivity contribution in [2.24, 2.45) is 0 Å². The fraction of sp³-hybridized carbons (Fsp3) is 0.125. The van der Waals surface area contributed by atoms with E-state index in [-0.39, 0.29) is 18.4 Å². The Kier molecular flexibility index (Phi) is 5.55. The van der Waals surface area contributed by atoms with Crippen LogP contribution in [0.4, 0.5) is 11.4 Å². The molecule has 2 aromatic carbocycles. The topological polar surface area (TPSA) is 70.2 Å². The third-order valence-electron chi connectivity index (χ3n) is 2.94. The molecule has 0 atom stereocenters. The molecule has 0 aliphatic rings. The van der Waals surface area contributed by atoms with Crippen molar-refractivity contribution in [3.63, 3.8) is 0 Å². The van der Waals surface area contributed by atoms with Crippen molar-refractivity contribution < 1.29 is 9.59 Å². The second-order valence-corrected chi connectivity index (χ2v) is 5.48. The van der Waals surface area contributed by atoms with Gasteiger partial charge in [0.15, 0.2) is 0 Å². The standard InChI is InChI=1S/C16H16BrN3O2/c1-18-16(22)11-5-7-13(8-6-11)19-10-15(21)20-14-4-2-3-12(17)9-14/h2-9,19H,10H2,1H3,(H,18,22)(H,20,21). The fourth-order valence-corrected chi connectivity index (χ4v) is 2.24. The largest absolute Gasteiger partial charge is 0.376 e. The number of rotatable bonds is 5. The van der Waals surface area contributed by atoms with Gasteiger partial charge in [-0.25, -0.2) is 0 Å². The number of amides is 2. The van der Waals surface area contributed by atoms with Crippen LogP contribution in [0.3, 0.4) is 0 Å². The average molecular weight is 362 g/mol. The lowest BCUT2D eigenvalue weighted by molar-refractivity contribution is -0.114. The van der Waals surface area contributed by atoms with E-state index in [1.54, 1.807) is 31.3 Å². The maximum Gasteiger partial charge on any atom is 0.251 e. The van der Waals surface area contributed by atoms with E-state index in [1.807, 2.05) is 24.3 Å². The minimum atomic E-state index is -0.145. The summed E-state index contributed by atoms with van der Waals surface area (Å²) in [6, 6.07) is 14.3. The molecule has 0 unspecified atom stereocenters. The molecule has 0 saturated heterocycles. The molecular formula is C16H16BrN3O2. The van der Waals surface area contributed by atoms with E-state index < -0.39 is 0 Å². The zero-order chi connectivity index (χ0) is 15.9. The quantitative estimate of drug-likeness (QED) is 0.766. The Morgan fingerprint density at radius 3 is 2.41 bits per heavy atom. The number of hydrogen-bond acceptors (Lipinski definition) is 3. The number of anilines is 2. The SMILES string of the molecule is CNC(=O)c1ccc(NCC(=O)Nc2cccc(Br)c2)cc1. The molecule has 0 aliphatic heterocycles. The minimum Gasteiger partial charge on any atom is -0.376 e. The van der Waals surface area contributed by atoms with Crippen LogP contribution in [0.25, 0.3) is 0 Å². The van der Waals surface area contributed by atoms with E-state index in [0.717, 1.165) is 15.8 Å². The molecule has 2 amide bonds. The third-order valence-corrected chi connectivity index (χ3v) is 3.43. The summed E-state index contributed by atoms with van der Waals surface area (Å²) >= 11 is 3.35. The Morgan fingerprint density at radius 1 is 1.05 bits per heavy atom. The van der Waals surface area contributed by atoms with E-state index >= 15 is 0 Å². The Labute approximate surface area is 137 Å². The van der Waals surface area contributed by atoms with Crippen LogP contribution in [0.5, 0.6) is 0 Å². The average Bonchev–Trinajstić information content (AvgIpc) is 2.52. The number of hydrogen-bond donors (Lipinski definition) is 3. The van der Waals surface area contributed by atoms with Crippen molar-refractivity contribution in [1.82, 2.24) is 5.32 Å². The van der Waals surface area contributed by atoms with E-state index in [2.05, 4.69) is 31.9 Å². The molecule has 0 saturated carbocycles. The molecule has 0 aliphatic carbocycles. The molecule has 0 aromatic heterocycles. The van der Waals surface area contributed by atoms with E-state index in [1.165, 1.54) is 0 Å². The monoisotopic (exact) mass is 361 g/mol. The van der Waals surface area contributed by atoms with Crippen LogP contribution in [-0.2, 0) is 4.79 Å². The highest BCUT2D eigenvalue weighted by Gasteiger charge is 2.04. The maximum atomic E-state index is 11.9. The van der Waals surface area contributed by atoms with Gasteiger partial charge >= 0.3 is 0 Å². The molecule has 0 heterocycles. The van der Waals surface area contributed by atoms with Gasteiger partial charge in [0.2, 0.25) is 5.91 Å². The summed E-state index contributed by atoms with van der Waals surface area (Å²) in [4.78, 5) is 23.3. The predicted molar refractivity (Wildman–Crippen MR) is 91.1 cm³/mol. The molecule has 3 N–H and O–H groups in total. The highest BCUT2D eigenvalue weighted by molar-refractivity contribution is 9.10. The van der Waals surface area contributed by atoms with Crippen molar-refractivity contribution in [2.75, 3.05) is 24.2 Å². The summed E-state index contributed by atoms with van der Waals surface area (Å²) in [6.45, 7) is 0.145. The molecular weight excluding hydrogens is 346 g/mol. The first-order valence-electron chi connectivity index (χ1n) is 6.70. The van der Waals surface area contributed by atoms with Crippen LogP contribution in [-0.4, -0.2) is 25.4 Å². The second-order valence-electron chi connectivity index (χ2n) is 4.57. The molecule has 2 rings (SSSR count). The lowest BCUT2D eigenvalue weighted by atomic mass is 10.2. The highest BCUT2D eigenvalue weighted by atomic mass is 79.9. The van der Waals surface area contributed by atoms with E-state index in [9.17, 15) is 9.59 Å². The Morgan fingerprint density at radius 2 is 1.77 bits per heavy atom. The fourth-order valence-electron chi connectivity index (χ4n) is 1.84. The Bertz CT molecular complexity index is 671. The summed E-state index contributed by atoms with van der Waals surface area (Å²) in [5.74, 6) is -0.285. The highest BCUT2D eigenvalue weighted by Crippen LogP contribution is 2.15. The van der Waals surface area contributed by atoms with Crippen LogP contribution >= 0.6 is 15.9 Å². The number of carbonyl (C=O) groups excluding carboxylic acids is 2. The van der Waals surface area contributed by atoms with Crippen LogP contribution in [0.2, 0.25) is 0 Å². The zero-order valence-electron chi connectivity index (χ0n) is 12.0. The van der Waals surface area contributed by atoms with Gasteiger partial charge in [-0.1, -0.05) is 22.0 Å². The van der Waals surface area contributed by atoms with Crippen LogP contribution in [0.15, 0.2) is 53.0 Å². The number of carbonyl (C=O) groups is 2. The number of halogens is 1. The second kappa shape index (κ2) is 7.61. The van der Waals surface area contributed by atoms with Crippen LogP contribution in [0, 0.1) is 0 Å². The van der Waals surface area contributed by atoms with Crippen molar-refractivity contribution in [1.29, 1.82) is 0 Å². The number of benzene rings is 2. The summed E-state index contributed by atoms with van der Waals surface area (Å²) in [6.07, 6.45) is 0. The minimum absolute atomic E-state index is 0.140. The summed E-state index contributed by atoms with van der Waals surface area (Å²) < 4.78 is 0.906. The van der Waals surface area contributed by atoms with Gasteiger partial charge in [-0.2, -0.15) is 0 Å². The molecule has 0 spiro atoms. The lowest BCUT2D eigenvalue weighted by Gasteiger charge is -2.08. The molecule has 2 aromatic rings. The first-order chi connectivity index (χ1) is 10.6. The summed E-state index contributed by atoms with van der Waals surface area (Å²) in [5.41, 5.74) is 2.08. The lowest BCUT2D eigenvalue weighted by Crippen LogP contribution is -2.22. The van der Waals surface area contributed by atoms with E-state index in [0.29, 0.717) is 5.56 Å². The molecule has 5 nitrogen and oxygen atoms in total. The van der Waals surface area contributed by atoms with Crippen molar-refractivity contribution in [3.8, 4) is 0 Å². The zero-order valence-corrected chi connectivity index (χ0v) is 13.6. The molecule has 0 bridgehead atoms. The first-order valence-corrected chi connectivity index (χ1v) is 7.49. The van der Waals surface area contributed by atoms with Gasteiger partial charge in [0.25, 0.3) is 5.91 Å². The Balaban J connectivity index is 1.87. The Hall–Kier alpha value is -2.34. The molecule has 114 valence electrons. The van der Waals surface area contributed by atoms with Gasteiger partial charge in [-0.05, 0) is 42.5 Å². The van der Waals surface area contributed by atoms with Gasteiger partial charge in [0, 0.05) is 28.5 Å². The maximum absolute atomic E-state index is 11.9. The van der Waals surface area contributed by atoms with Crippen LogP contribution < -0.4 is 16.0 Å². The normalized spacial score (nSPS) is 9.91. The van der Waals surface area contributed by atoms with E-state index in [4.69, 9.17) is 0 Å². The number of nitrogens with one attached hydrogen (secondary N) is 3. The smallest absolute Gasteiger partial charge is 0.251 e. The first kappa shape index (κ1) is 16.0. The van der Waals surface area contributed by atoms with Gasteiger partial charge in [-0.3, -0.25) is 9.59 Å². The van der Waals surface area contributed by atoms with Gasteiger partial charge in [0.1, 0.15) is 0 Å². The summed E-state index contributed by atoms with van der Waals surface area (Å²) in [5, 5.41) is 8.36. The molecule has 0 fully saturated rings. The summed E-state index contributed by atoms with van der Waals surface area (Å²) in [7, 11) is 1.58.